The first kappa shape index (κ1) is 20.2. The summed E-state index contributed by atoms with van der Waals surface area (Å²) in [6, 6.07) is 17.3. The highest BCUT2D eigenvalue weighted by atomic mass is 16.5. The Balaban J connectivity index is 1.61. The number of rotatable bonds is 8. The van der Waals surface area contributed by atoms with E-state index in [-0.39, 0.29) is 5.91 Å². The minimum Gasteiger partial charge on any atom is -0.493 e. The molecule has 2 aromatic carbocycles. The van der Waals surface area contributed by atoms with E-state index in [9.17, 15) is 4.79 Å². The van der Waals surface area contributed by atoms with Crippen molar-refractivity contribution in [1.82, 2.24) is 10.3 Å². The zero-order chi connectivity index (χ0) is 20.6. The lowest BCUT2D eigenvalue weighted by atomic mass is 10.1. The predicted molar refractivity (Wildman–Crippen MR) is 113 cm³/mol. The predicted octanol–water partition coefficient (Wildman–Crippen LogP) is 3.95. The molecule has 0 aliphatic carbocycles. The number of ether oxygens (including phenoxy) is 2. The number of amides is 1. The van der Waals surface area contributed by atoms with Crippen molar-refractivity contribution in [3.8, 4) is 11.5 Å². The summed E-state index contributed by atoms with van der Waals surface area (Å²) >= 11 is 0. The zero-order valence-corrected chi connectivity index (χ0v) is 16.9. The molecule has 3 rings (SSSR count). The smallest absolute Gasteiger partial charge is 0.270 e. The number of carbonyl (C=O) groups excluding carboxylic acids is 1. The summed E-state index contributed by atoms with van der Waals surface area (Å²) in [7, 11) is 3.17. The lowest BCUT2D eigenvalue weighted by Gasteiger charge is -2.11. The maximum atomic E-state index is 12.5. The van der Waals surface area contributed by atoms with Gasteiger partial charge in [-0.15, -0.1) is 0 Å². The minimum atomic E-state index is -0.237. The summed E-state index contributed by atoms with van der Waals surface area (Å²) in [6.07, 6.45) is 1.63. The van der Waals surface area contributed by atoms with Crippen LogP contribution in [0.4, 0.5) is 5.69 Å². The second-order valence-electron chi connectivity index (χ2n) is 6.58. The van der Waals surface area contributed by atoms with Gasteiger partial charge in [0.2, 0.25) is 0 Å². The largest absolute Gasteiger partial charge is 0.493 e. The SMILES string of the molecule is COc1ccc(CNC(=O)c2cc(NCc3ccccc3C)ccn2)cc1OC. The van der Waals surface area contributed by atoms with Crippen LogP contribution >= 0.6 is 0 Å². The first-order valence-electron chi connectivity index (χ1n) is 9.34. The van der Waals surface area contributed by atoms with Gasteiger partial charge in [-0.3, -0.25) is 9.78 Å². The fraction of sp³-hybridized carbons (Fsp3) is 0.217. The zero-order valence-electron chi connectivity index (χ0n) is 16.9. The number of methoxy groups -OCH3 is 2. The van der Waals surface area contributed by atoms with Gasteiger partial charge in [0.1, 0.15) is 5.69 Å². The Hall–Kier alpha value is -3.54. The molecule has 150 valence electrons. The fourth-order valence-corrected chi connectivity index (χ4v) is 2.93. The monoisotopic (exact) mass is 391 g/mol. The molecule has 0 radical (unpaired) electrons. The summed E-state index contributed by atoms with van der Waals surface area (Å²) in [5.74, 6) is 1.04. The first-order chi connectivity index (χ1) is 14.1. The molecular formula is C23H25N3O3. The Bertz CT molecular complexity index is 989. The van der Waals surface area contributed by atoms with Crippen LogP contribution in [0.25, 0.3) is 0 Å². The molecule has 0 unspecified atom stereocenters. The molecule has 6 heteroatoms. The van der Waals surface area contributed by atoms with Crippen molar-refractivity contribution in [2.24, 2.45) is 0 Å². The Morgan fingerprint density at radius 2 is 1.76 bits per heavy atom. The maximum Gasteiger partial charge on any atom is 0.270 e. The Kier molecular flexibility index (Phi) is 6.68. The van der Waals surface area contributed by atoms with Crippen LogP contribution in [0.3, 0.4) is 0 Å². The molecular weight excluding hydrogens is 366 g/mol. The van der Waals surface area contributed by atoms with Crippen LogP contribution in [0.1, 0.15) is 27.2 Å². The van der Waals surface area contributed by atoms with Gasteiger partial charge in [0.05, 0.1) is 14.2 Å². The lowest BCUT2D eigenvalue weighted by molar-refractivity contribution is 0.0946. The number of hydrogen-bond donors (Lipinski definition) is 2. The maximum absolute atomic E-state index is 12.5. The Labute approximate surface area is 170 Å². The van der Waals surface area contributed by atoms with Crippen LogP contribution in [0, 0.1) is 6.92 Å². The summed E-state index contributed by atoms with van der Waals surface area (Å²) in [5.41, 5.74) is 4.55. The third-order valence-electron chi connectivity index (χ3n) is 4.64. The van der Waals surface area contributed by atoms with Crippen molar-refractivity contribution < 1.29 is 14.3 Å². The molecule has 1 aromatic heterocycles. The van der Waals surface area contributed by atoms with Crippen molar-refractivity contribution in [2.45, 2.75) is 20.0 Å². The van der Waals surface area contributed by atoms with Crippen LogP contribution in [-0.4, -0.2) is 25.1 Å². The number of carbonyl (C=O) groups is 1. The van der Waals surface area contributed by atoms with E-state index in [2.05, 4.69) is 34.7 Å². The molecule has 6 nitrogen and oxygen atoms in total. The van der Waals surface area contributed by atoms with Gasteiger partial charge in [-0.1, -0.05) is 30.3 Å². The van der Waals surface area contributed by atoms with E-state index in [0.717, 1.165) is 11.3 Å². The molecule has 0 saturated carbocycles. The van der Waals surface area contributed by atoms with Crippen LogP contribution < -0.4 is 20.1 Å². The highest BCUT2D eigenvalue weighted by Crippen LogP contribution is 2.27. The van der Waals surface area contributed by atoms with E-state index in [1.54, 1.807) is 26.5 Å². The molecule has 0 fully saturated rings. The molecule has 1 heterocycles. The summed E-state index contributed by atoms with van der Waals surface area (Å²) < 4.78 is 10.5. The van der Waals surface area contributed by atoms with E-state index >= 15 is 0 Å². The van der Waals surface area contributed by atoms with Crippen molar-refractivity contribution >= 4 is 11.6 Å². The molecule has 1 amide bonds. The van der Waals surface area contributed by atoms with Crippen LogP contribution in [-0.2, 0) is 13.1 Å². The van der Waals surface area contributed by atoms with Gasteiger partial charge in [-0.2, -0.15) is 0 Å². The van der Waals surface area contributed by atoms with Crippen LogP contribution in [0.5, 0.6) is 11.5 Å². The van der Waals surface area contributed by atoms with Crippen molar-refractivity contribution in [3.05, 3.63) is 83.2 Å². The van der Waals surface area contributed by atoms with E-state index in [0.29, 0.717) is 30.3 Å². The number of aromatic nitrogens is 1. The quantitative estimate of drug-likeness (QED) is 0.608. The molecule has 3 aromatic rings. The number of pyridine rings is 1. The van der Waals surface area contributed by atoms with Gasteiger partial charge in [-0.25, -0.2) is 0 Å². The van der Waals surface area contributed by atoms with Crippen molar-refractivity contribution in [2.75, 3.05) is 19.5 Å². The highest BCUT2D eigenvalue weighted by molar-refractivity contribution is 5.93. The van der Waals surface area contributed by atoms with E-state index in [1.165, 1.54) is 11.1 Å². The molecule has 0 aliphatic rings. The number of benzene rings is 2. The molecule has 0 atom stereocenters. The molecule has 0 aliphatic heterocycles. The molecule has 2 N–H and O–H groups in total. The van der Waals surface area contributed by atoms with E-state index in [1.807, 2.05) is 36.4 Å². The Morgan fingerprint density at radius 3 is 2.52 bits per heavy atom. The average molecular weight is 391 g/mol. The average Bonchev–Trinajstić information content (AvgIpc) is 2.76. The second kappa shape index (κ2) is 9.59. The van der Waals surface area contributed by atoms with Crippen molar-refractivity contribution in [3.63, 3.8) is 0 Å². The van der Waals surface area contributed by atoms with E-state index < -0.39 is 0 Å². The second-order valence-corrected chi connectivity index (χ2v) is 6.58. The third kappa shape index (κ3) is 5.25. The van der Waals surface area contributed by atoms with Gasteiger partial charge in [0, 0.05) is 25.0 Å². The molecule has 0 spiro atoms. The Morgan fingerprint density at radius 1 is 0.966 bits per heavy atom. The number of hydrogen-bond acceptors (Lipinski definition) is 5. The number of anilines is 1. The van der Waals surface area contributed by atoms with Crippen LogP contribution in [0.2, 0.25) is 0 Å². The first-order valence-corrected chi connectivity index (χ1v) is 9.34. The van der Waals surface area contributed by atoms with E-state index in [4.69, 9.17) is 9.47 Å². The third-order valence-corrected chi connectivity index (χ3v) is 4.64. The standard InChI is InChI=1S/C23H25N3O3/c1-16-6-4-5-7-18(16)15-25-19-10-11-24-20(13-19)23(27)26-14-17-8-9-21(28-2)22(12-17)29-3/h4-13H,14-15H2,1-3H3,(H,24,25)(H,26,27). The topological polar surface area (TPSA) is 72.5 Å². The number of nitrogens with zero attached hydrogens (tertiary/aromatic N) is 1. The van der Waals surface area contributed by atoms with Gasteiger partial charge in [-0.05, 0) is 47.9 Å². The van der Waals surface area contributed by atoms with Gasteiger partial charge < -0.3 is 20.1 Å². The molecule has 0 bridgehead atoms. The lowest BCUT2D eigenvalue weighted by Crippen LogP contribution is -2.24. The van der Waals surface area contributed by atoms with Crippen molar-refractivity contribution in [1.29, 1.82) is 0 Å². The van der Waals surface area contributed by atoms with Gasteiger partial charge in [0.15, 0.2) is 11.5 Å². The van der Waals surface area contributed by atoms with Gasteiger partial charge in [0.25, 0.3) is 5.91 Å². The fourth-order valence-electron chi connectivity index (χ4n) is 2.93. The normalized spacial score (nSPS) is 10.3. The minimum absolute atomic E-state index is 0.237. The molecule has 29 heavy (non-hydrogen) atoms. The number of nitrogens with one attached hydrogen (secondary N) is 2. The van der Waals surface area contributed by atoms with Crippen LogP contribution in [0.15, 0.2) is 60.8 Å². The summed E-state index contributed by atoms with van der Waals surface area (Å²) in [5, 5.41) is 6.24. The highest BCUT2D eigenvalue weighted by Gasteiger charge is 2.10. The summed E-state index contributed by atoms with van der Waals surface area (Å²) in [4.78, 5) is 16.7. The summed E-state index contributed by atoms with van der Waals surface area (Å²) in [6.45, 7) is 3.13. The molecule has 0 saturated heterocycles. The number of aryl methyl sites for hydroxylation is 1. The van der Waals surface area contributed by atoms with Gasteiger partial charge >= 0.3 is 0 Å².